The van der Waals surface area contributed by atoms with Crippen LogP contribution >= 0.6 is 0 Å². The number of anilines is 1. The number of rotatable bonds is 2. The molecule has 0 unspecified atom stereocenters. The van der Waals surface area contributed by atoms with E-state index in [4.69, 9.17) is 9.47 Å². The fraction of sp³-hybridized carbons (Fsp3) is 0.385. The van der Waals surface area contributed by atoms with Gasteiger partial charge in [-0.25, -0.2) is 4.79 Å². The lowest BCUT2D eigenvalue weighted by Crippen LogP contribution is -2.55. The highest BCUT2D eigenvalue weighted by Crippen LogP contribution is 2.34. The normalized spacial score (nSPS) is 21.6. The summed E-state index contributed by atoms with van der Waals surface area (Å²) in [5.41, 5.74) is -0.0581. The van der Waals surface area contributed by atoms with Crippen LogP contribution in [0.3, 0.4) is 0 Å². The van der Waals surface area contributed by atoms with E-state index in [1.54, 1.807) is 19.1 Å². The Bertz CT molecular complexity index is 512. The molecule has 0 saturated carbocycles. The molecule has 1 aliphatic heterocycles. The van der Waals surface area contributed by atoms with Crippen molar-refractivity contribution >= 4 is 17.6 Å². The summed E-state index contributed by atoms with van der Waals surface area (Å²) in [7, 11) is 0. The number of carbonyl (C=O) groups excluding carboxylic acids is 2. The Morgan fingerprint density at radius 1 is 1.50 bits per heavy atom. The van der Waals surface area contributed by atoms with Gasteiger partial charge in [-0.1, -0.05) is 6.07 Å². The number of carbonyl (C=O) groups is 2. The molecule has 0 spiro atoms. The Balaban J connectivity index is 2.36. The molecule has 1 aromatic rings. The van der Waals surface area contributed by atoms with E-state index < -0.39 is 17.5 Å². The van der Waals surface area contributed by atoms with E-state index in [1.165, 1.54) is 6.92 Å². The van der Waals surface area contributed by atoms with Gasteiger partial charge in [-0.05, 0) is 38.5 Å². The molecule has 0 aromatic heterocycles. The molecular weight excluding hydrogens is 234 g/mol. The number of aryl methyl sites for hydroxylation is 1. The molecule has 0 bridgehead atoms. The first kappa shape index (κ1) is 12.4. The van der Waals surface area contributed by atoms with Crippen LogP contribution in [0.1, 0.15) is 19.4 Å². The van der Waals surface area contributed by atoms with Gasteiger partial charge in [0.15, 0.2) is 0 Å². The highest BCUT2D eigenvalue weighted by Gasteiger charge is 2.48. The molecule has 96 valence electrons. The fourth-order valence-corrected chi connectivity index (χ4v) is 1.74. The molecular formula is C13H15NO4. The number of hydrogen-bond acceptors (Lipinski definition) is 4. The number of fused-ring (bicyclic) bond motifs is 1. The Morgan fingerprint density at radius 2 is 2.22 bits per heavy atom. The summed E-state index contributed by atoms with van der Waals surface area (Å²) in [5.74, 6) is -0.733. The molecule has 18 heavy (non-hydrogen) atoms. The molecule has 0 saturated heterocycles. The molecule has 0 aliphatic carbocycles. The van der Waals surface area contributed by atoms with E-state index in [1.807, 2.05) is 13.0 Å². The van der Waals surface area contributed by atoms with Gasteiger partial charge < -0.3 is 14.8 Å². The topological polar surface area (TPSA) is 64.6 Å². The minimum Gasteiger partial charge on any atom is -0.464 e. The lowest BCUT2D eigenvalue weighted by atomic mass is 10.0. The summed E-state index contributed by atoms with van der Waals surface area (Å²) in [6.45, 7) is 5.19. The number of amides is 1. The summed E-state index contributed by atoms with van der Waals surface area (Å²) in [5, 5.41) is 2.67. The number of hydrogen-bond donors (Lipinski definition) is 1. The molecule has 5 nitrogen and oxygen atoms in total. The summed E-state index contributed by atoms with van der Waals surface area (Å²) < 4.78 is 10.4. The van der Waals surface area contributed by atoms with Crippen molar-refractivity contribution in [1.82, 2.24) is 0 Å². The first-order chi connectivity index (χ1) is 8.47. The van der Waals surface area contributed by atoms with Crippen LogP contribution in [0.15, 0.2) is 18.2 Å². The molecule has 1 N–H and O–H groups in total. The van der Waals surface area contributed by atoms with Crippen LogP contribution in [0.5, 0.6) is 5.75 Å². The van der Waals surface area contributed by atoms with Crippen molar-refractivity contribution in [3.63, 3.8) is 0 Å². The van der Waals surface area contributed by atoms with Crippen molar-refractivity contribution in [1.29, 1.82) is 0 Å². The van der Waals surface area contributed by atoms with Crippen LogP contribution in [0.2, 0.25) is 0 Å². The Labute approximate surface area is 105 Å². The zero-order valence-electron chi connectivity index (χ0n) is 10.6. The molecule has 1 amide bonds. The lowest BCUT2D eigenvalue weighted by Gasteiger charge is -2.32. The minimum absolute atomic E-state index is 0.200. The van der Waals surface area contributed by atoms with Crippen LogP contribution in [0.25, 0.3) is 0 Å². The Kier molecular flexibility index (Phi) is 2.98. The summed E-state index contributed by atoms with van der Waals surface area (Å²) in [4.78, 5) is 23.8. The molecule has 1 aromatic carbocycles. The number of nitrogens with one attached hydrogen (secondary N) is 1. The SMILES string of the molecule is CCOC(=O)[C@]1(C)Oc2ccc(C)cc2NC1=O. The third-order valence-electron chi connectivity index (χ3n) is 2.80. The van der Waals surface area contributed by atoms with Gasteiger partial charge in [0.2, 0.25) is 0 Å². The largest absolute Gasteiger partial charge is 0.464 e. The number of benzene rings is 1. The zero-order valence-corrected chi connectivity index (χ0v) is 10.6. The van der Waals surface area contributed by atoms with Crippen molar-refractivity contribution in [3.05, 3.63) is 23.8 Å². The summed E-state index contributed by atoms with van der Waals surface area (Å²) >= 11 is 0. The minimum atomic E-state index is -1.63. The molecule has 0 fully saturated rings. The quantitative estimate of drug-likeness (QED) is 0.639. The van der Waals surface area contributed by atoms with Gasteiger partial charge in [0.05, 0.1) is 12.3 Å². The van der Waals surface area contributed by atoms with E-state index in [0.29, 0.717) is 11.4 Å². The van der Waals surface area contributed by atoms with Crippen molar-refractivity contribution in [2.45, 2.75) is 26.4 Å². The zero-order chi connectivity index (χ0) is 13.3. The van der Waals surface area contributed by atoms with Crippen molar-refractivity contribution < 1.29 is 19.1 Å². The highest BCUT2D eigenvalue weighted by atomic mass is 16.6. The lowest BCUT2D eigenvalue weighted by molar-refractivity contribution is -0.165. The van der Waals surface area contributed by atoms with E-state index >= 15 is 0 Å². The first-order valence-corrected chi connectivity index (χ1v) is 5.75. The smallest absolute Gasteiger partial charge is 0.360 e. The maximum Gasteiger partial charge on any atom is 0.360 e. The molecule has 2 rings (SSSR count). The predicted molar refractivity (Wildman–Crippen MR) is 65.5 cm³/mol. The monoisotopic (exact) mass is 249 g/mol. The second-order valence-corrected chi connectivity index (χ2v) is 4.31. The molecule has 5 heteroatoms. The molecule has 0 radical (unpaired) electrons. The van der Waals surface area contributed by atoms with Gasteiger partial charge in [-0.3, -0.25) is 4.79 Å². The Morgan fingerprint density at radius 3 is 2.89 bits per heavy atom. The van der Waals surface area contributed by atoms with Gasteiger partial charge in [0.25, 0.3) is 11.5 Å². The highest BCUT2D eigenvalue weighted by molar-refractivity contribution is 6.13. The van der Waals surface area contributed by atoms with Crippen molar-refractivity contribution in [2.24, 2.45) is 0 Å². The van der Waals surface area contributed by atoms with Gasteiger partial charge in [-0.2, -0.15) is 0 Å². The van der Waals surface area contributed by atoms with Crippen molar-refractivity contribution in [2.75, 3.05) is 11.9 Å². The van der Waals surface area contributed by atoms with Crippen LogP contribution in [0.4, 0.5) is 5.69 Å². The first-order valence-electron chi connectivity index (χ1n) is 5.75. The van der Waals surface area contributed by atoms with Gasteiger partial charge in [-0.15, -0.1) is 0 Å². The number of esters is 1. The van der Waals surface area contributed by atoms with E-state index in [-0.39, 0.29) is 6.61 Å². The van der Waals surface area contributed by atoms with Gasteiger partial charge in [0.1, 0.15) is 5.75 Å². The van der Waals surface area contributed by atoms with E-state index in [2.05, 4.69) is 5.32 Å². The van der Waals surface area contributed by atoms with Crippen LogP contribution in [-0.2, 0) is 14.3 Å². The van der Waals surface area contributed by atoms with Crippen LogP contribution < -0.4 is 10.1 Å². The van der Waals surface area contributed by atoms with Crippen LogP contribution in [0, 0.1) is 6.92 Å². The maximum atomic E-state index is 12.0. The van der Waals surface area contributed by atoms with Gasteiger partial charge >= 0.3 is 5.97 Å². The second-order valence-electron chi connectivity index (χ2n) is 4.31. The fourth-order valence-electron chi connectivity index (χ4n) is 1.74. The third-order valence-corrected chi connectivity index (χ3v) is 2.80. The molecule has 1 aliphatic rings. The van der Waals surface area contributed by atoms with Crippen LogP contribution in [-0.4, -0.2) is 24.1 Å². The van der Waals surface area contributed by atoms with Crippen molar-refractivity contribution in [3.8, 4) is 5.75 Å². The molecule has 1 heterocycles. The van der Waals surface area contributed by atoms with Gasteiger partial charge in [0, 0.05) is 0 Å². The summed E-state index contributed by atoms with van der Waals surface area (Å²) in [6.07, 6.45) is 0. The Hall–Kier alpha value is -2.04. The predicted octanol–water partition coefficient (Wildman–Crippen LogP) is 1.65. The third kappa shape index (κ3) is 1.92. The summed E-state index contributed by atoms with van der Waals surface area (Å²) in [6, 6.07) is 5.36. The number of ether oxygens (including phenoxy) is 2. The standard InChI is InChI=1S/C13H15NO4/c1-4-17-12(16)13(3)11(15)14-9-7-8(2)5-6-10(9)18-13/h5-7H,4H2,1-3H3,(H,14,15)/t13-/m1/s1. The molecule has 1 atom stereocenters. The second kappa shape index (κ2) is 4.33. The average Bonchev–Trinajstić information content (AvgIpc) is 2.31. The average molecular weight is 249 g/mol. The van der Waals surface area contributed by atoms with E-state index in [0.717, 1.165) is 5.56 Å². The van der Waals surface area contributed by atoms with E-state index in [9.17, 15) is 9.59 Å². The maximum absolute atomic E-state index is 12.0.